The molecule has 0 fully saturated rings. The minimum Gasteiger partial charge on any atom is -0.497 e. The van der Waals surface area contributed by atoms with Crippen molar-refractivity contribution < 1.29 is 4.74 Å². The molecule has 0 unspecified atom stereocenters. The molecule has 9 heteroatoms. The van der Waals surface area contributed by atoms with E-state index in [1.807, 2.05) is 42.5 Å². The van der Waals surface area contributed by atoms with Crippen molar-refractivity contribution in [1.82, 2.24) is 25.8 Å². The van der Waals surface area contributed by atoms with Gasteiger partial charge in [0.1, 0.15) is 11.6 Å². The van der Waals surface area contributed by atoms with E-state index >= 15 is 0 Å². The number of halogens is 2. The summed E-state index contributed by atoms with van der Waals surface area (Å²) in [6, 6.07) is 15.5. The predicted octanol–water partition coefficient (Wildman–Crippen LogP) is 3.66. The second-order valence-electron chi connectivity index (χ2n) is 6.07. The number of ether oxygens (including phenoxy) is 1. The molecule has 3 N–H and O–H groups in total. The van der Waals surface area contributed by atoms with Crippen LogP contribution in [0.25, 0.3) is 11.4 Å². The number of aliphatic imine (C=N–C) groups is 1. The van der Waals surface area contributed by atoms with Gasteiger partial charge in [0, 0.05) is 24.2 Å². The fourth-order valence-electron chi connectivity index (χ4n) is 2.65. The standard InChI is InChI=1S/C20H23ClN6O.HI/c1-22-20(23-11-10-14-4-3-5-16(21)12-14)24-13-18-25-19(27-26-18)15-6-8-17(28-2)9-7-15;/h3-9,12H,10-11,13H2,1-2H3,(H2,22,23,24)(H,25,26,27);1H. The summed E-state index contributed by atoms with van der Waals surface area (Å²) in [6.45, 7) is 1.23. The van der Waals surface area contributed by atoms with Gasteiger partial charge in [-0.25, -0.2) is 4.98 Å². The Labute approximate surface area is 192 Å². The molecule has 3 rings (SSSR count). The first-order valence-corrected chi connectivity index (χ1v) is 9.30. The zero-order chi connectivity index (χ0) is 19.8. The van der Waals surface area contributed by atoms with E-state index < -0.39 is 0 Å². The third-order valence-corrected chi connectivity index (χ3v) is 4.36. The molecular formula is C20H24ClIN6O. The van der Waals surface area contributed by atoms with Crippen LogP contribution in [0, 0.1) is 0 Å². The van der Waals surface area contributed by atoms with Crippen LogP contribution in [-0.4, -0.2) is 41.8 Å². The van der Waals surface area contributed by atoms with E-state index in [9.17, 15) is 0 Å². The number of benzene rings is 2. The molecule has 0 amide bonds. The van der Waals surface area contributed by atoms with E-state index in [4.69, 9.17) is 16.3 Å². The van der Waals surface area contributed by atoms with Gasteiger partial charge >= 0.3 is 0 Å². The monoisotopic (exact) mass is 526 g/mol. The zero-order valence-corrected chi connectivity index (χ0v) is 19.4. The fraction of sp³-hybridized carbons (Fsp3) is 0.250. The van der Waals surface area contributed by atoms with E-state index in [2.05, 4.69) is 36.9 Å². The lowest BCUT2D eigenvalue weighted by molar-refractivity contribution is 0.415. The first-order chi connectivity index (χ1) is 13.7. The van der Waals surface area contributed by atoms with Gasteiger partial charge in [-0.3, -0.25) is 10.1 Å². The Morgan fingerprint density at radius 2 is 1.97 bits per heavy atom. The molecule has 1 heterocycles. The van der Waals surface area contributed by atoms with Crippen LogP contribution >= 0.6 is 35.6 Å². The molecule has 0 saturated heterocycles. The lowest BCUT2D eigenvalue weighted by Crippen LogP contribution is -2.38. The number of hydrogen-bond donors (Lipinski definition) is 3. The topological polar surface area (TPSA) is 87.2 Å². The molecule has 0 atom stereocenters. The van der Waals surface area contributed by atoms with Crippen LogP contribution in [0.15, 0.2) is 53.5 Å². The summed E-state index contributed by atoms with van der Waals surface area (Å²) >= 11 is 6.01. The average molecular weight is 527 g/mol. The molecule has 2 aromatic carbocycles. The smallest absolute Gasteiger partial charge is 0.191 e. The summed E-state index contributed by atoms with van der Waals surface area (Å²) in [5.41, 5.74) is 2.10. The summed E-state index contributed by atoms with van der Waals surface area (Å²) in [5.74, 6) is 2.87. The van der Waals surface area contributed by atoms with E-state index in [1.165, 1.54) is 5.56 Å². The van der Waals surface area contributed by atoms with E-state index in [0.717, 1.165) is 35.1 Å². The van der Waals surface area contributed by atoms with Gasteiger partial charge in [-0.1, -0.05) is 23.7 Å². The van der Waals surface area contributed by atoms with Crippen LogP contribution in [-0.2, 0) is 13.0 Å². The number of nitrogens with one attached hydrogen (secondary N) is 3. The van der Waals surface area contributed by atoms with Crippen LogP contribution in [0.5, 0.6) is 5.75 Å². The minimum atomic E-state index is 0. The molecule has 0 aliphatic carbocycles. The van der Waals surface area contributed by atoms with Gasteiger partial charge < -0.3 is 15.4 Å². The molecule has 29 heavy (non-hydrogen) atoms. The SMILES string of the molecule is CN=C(NCCc1cccc(Cl)c1)NCc1nc(-c2ccc(OC)cc2)n[nH]1.I. The predicted molar refractivity (Wildman–Crippen MR) is 127 cm³/mol. The number of methoxy groups -OCH3 is 1. The van der Waals surface area contributed by atoms with Gasteiger partial charge in [-0.05, 0) is 48.4 Å². The van der Waals surface area contributed by atoms with Crippen LogP contribution in [0.1, 0.15) is 11.4 Å². The van der Waals surface area contributed by atoms with Crippen molar-refractivity contribution in [3.63, 3.8) is 0 Å². The molecule has 0 saturated carbocycles. The number of guanidine groups is 1. The summed E-state index contributed by atoms with van der Waals surface area (Å²) in [7, 11) is 3.37. The van der Waals surface area contributed by atoms with Crippen molar-refractivity contribution in [1.29, 1.82) is 0 Å². The van der Waals surface area contributed by atoms with E-state index in [-0.39, 0.29) is 24.0 Å². The van der Waals surface area contributed by atoms with Crippen LogP contribution < -0.4 is 15.4 Å². The molecular weight excluding hydrogens is 503 g/mol. The fourth-order valence-corrected chi connectivity index (χ4v) is 2.86. The largest absolute Gasteiger partial charge is 0.497 e. The van der Waals surface area contributed by atoms with E-state index in [1.54, 1.807) is 14.2 Å². The number of rotatable bonds is 7. The van der Waals surface area contributed by atoms with Crippen molar-refractivity contribution in [2.24, 2.45) is 4.99 Å². The normalized spacial score (nSPS) is 10.9. The maximum atomic E-state index is 6.01. The van der Waals surface area contributed by atoms with Crippen molar-refractivity contribution in [2.75, 3.05) is 20.7 Å². The summed E-state index contributed by atoms with van der Waals surface area (Å²) in [6.07, 6.45) is 0.852. The molecule has 7 nitrogen and oxygen atoms in total. The van der Waals surface area contributed by atoms with Gasteiger partial charge in [-0.15, -0.1) is 24.0 Å². The van der Waals surface area contributed by atoms with Gasteiger partial charge in [-0.2, -0.15) is 5.10 Å². The van der Waals surface area contributed by atoms with Gasteiger partial charge in [0.2, 0.25) is 0 Å². The van der Waals surface area contributed by atoms with Crippen LogP contribution in [0.3, 0.4) is 0 Å². The van der Waals surface area contributed by atoms with Gasteiger partial charge in [0.15, 0.2) is 11.8 Å². The molecule has 0 radical (unpaired) electrons. The number of H-pyrrole nitrogens is 1. The van der Waals surface area contributed by atoms with Crippen LogP contribution in [0.2, 0.25) is 5.02 Å². The number of aromatic nitrogens is 3. The molecule has 0 spiro atoms. The second kappa shape index (κ2) is 11.6. The Morgan fingerprint density at radius 3 is 2.66 bits per heavy atom. The summed E-state index contributed by atoms with van der Waals surface area (Å²) in [5, 5.41) is 14.5. The molecule has 3 aromatic rings. The van der Waals surface area contributed by atoms with Gasteiger partial charge in [0.25, 0.3) is 0 Å². The first-order valence-electron chi connectivity index (χ1n) is 8.92. The maximum Gasteiger partial charge on any atom is 0.191 e. The highest BCUT2D eigenvalue weighted by atomic mass is 127. The summed E-state index contributed by atoms with van der Waals surface area (Å²) in [4.78, 5) is 8.74. The van der Waals surface area contributed by atoms with Crippen molar-refractivity contribution in [2.45, 2.75) is 13.0 Å². The van der Waals surface area contributed by atoms with Crippen LogP contribution in [0.4, 0.5) is 0 Å². The Bertz CT molecular complexity index is 929. The molecule has 0 bridgehead atoms. The maximum absolute atomic E-state index is 6.01. The highest BCUT2D eigenvalue weighted by molar-refractivity contribution is 14.0. The number of hydrogen-bond acceptors (Lipinski definition) is 4. The molecule has 0 aliphatic heterocycles. The van der Waals surface area contributed by atoms with E-state index in [0.29, 0.717) is 18.3 Å². The third kappa shape index (κ3) is 6.90. The highest BCUT2D eigenvalue weighted by Crippen LogP contribution is 2.18. The molecule has 0 aliphatic rings. The Kier molecular flexibility index (Phi) is 9.20. The second-order valence-corrected chi connectivity index (χ2v) is 6.50. The molecule has 154 valence electrons. The van der Waals surface area contributed by atoms with Crippen molar-refractivity contribution >= 4 is 41.5 Å². The molecule has 1 aromatic heterocycles. The number of nitrogens with zero attached hydrogens (tertiary/aromatic N) is 3. The lowest BCUT2D eigenvalue weighted by atomic mass is 10.1. The third-order valence-electron chi connectivity index (χ3n) is 4.12. The Morgan fingerprint density at radius 1 is 1.17 bits per heavy atom. The first kappa shape index (κ1) is 23.0. The quantitative estimate of drug-likeness (QED) is 0.249. The Hall–Kier alpha value is -2.33. The lowest BCUT2D eigenvalue weighted by Gasteiger charge is -2.10. The average Bonchev–Trinajstić information content (AvgIpc) is 3.19. The summed E-state index contributed by atoms with van der Waals surface area (Å²) < 4.78 is 5.17. The number of aromatic amines is 1. The zero-order valence-electron chi connectivity index (χ0n) is 16.3. The van der Waals surface area contributed by atoms with Crippen molar-refractivity contribution in [3.05, 3.63) is 64.9 Å². The van der Waals surface area contributed by atoms with Crippen molar-refractivity contribution in [3.8, 4) is 17.1 Å². The van der Waals surface area contributed by atoms with Gasteiger partial charge in [0.05, 0.1) is 13.7 Å². The Balaban J connectivity index is 0.00000300. The highest BCUT2D eigenvalue weighted by Gasteiger charge is 2.07. The minimum absolute atomic E-state index is 0.